The molecule has 8 heteroatoms. The van der Waals surface area contributed by atoms with E-state index < -0.39 is 0 Å². The van der Waals surface area contributed by atoms with Gasteiger partial charge in [-0.3, -0.25) is 9.69 Å². The summed E-state index contributed by atoms with van der Waals surface area (Å²) in [7, 11) is 0. The van der Waals surface area contributed by atoms with Crippen LogP contribution in [0.1, 0.15) is 35.8 Å². The highest BCUT2D eigenvalue weighted by molar-refractivity contribution is 6.30. The third-order valence-electron chi connectivity index (χ3n) is 5.74. The second kappa shape index (κ2) is 9.36. The van der Waals surface area contributed by atoms with Crippen LogP contribution in [0, 0.1) is 5.92 Å². The van der Waals surface area contributed by atoms with Crippen LogP contribution in [0.4, 0.5) is 0 Å². The number of aromatic nitrogens is 4. The van der Waals surface area contributed by atoms with Gasteiger partial charge in [-0.2, -0.15) is 0 Å². The van der Waals surface area contributed by atoms with Gasteiger partial charge in [0, 0.05) is 17.5 Å². The van der Waals surface area contributed by atoms with Crippen LogP contribution in [0.15, 0.2) is 54.6 Å². The Morgan fingerprint density at radius 1 is 1.10 bits per heavy atom. The number of benzene rings is 2. The normalized spacial score (nSPS) is 16.4. The Morgan fingerprint density at radius 3 is 2.47 bits per heavy atom. The van der Waals surface area contributed by atoms with Gasteiger partial charge in [-0.1, -0.05) is 54.1 Å². The number of halogens is 1. The number of carbonyl (C=O) groups is 1. The van der Waals surface area contributed by atoms with Crippen molar-refractivity contribution in [3.05, 3.63) is 76.6 Å². The average molecular weight is 425 g/mol. The van der Waals surface area contributed by atoms with Gasteiger partial charge in [0.2, 0.25) is 5.91 Å². The average Bonchev–Trinajstić information content (AvgIpc) is 3.23. The summed E-state index contributed by atoms with van der Waals surface area (Å²) in [5, 5.41) is 13.3. The van der Waals surface area contributed by atoms with Crippen molar-refractivity contribution in [3.8, 4) is 0 Å². The van der Waals surface area contributed by atoms with Crippen LogP contribution in [0.3, 0.4) is 0 Å². The fourth-order valence-electron chi connectivity index (χ4n) is 4.06. The third-order valence-corrected chi connectivity index (χ3v) is 5.99. The van der Waals surface area contributed by atoms with Gasteiger partial charge in [0.05, 0.1) is 6.04 Å². The number of rotatable bonds is 7. The maximum Gasteiger partial charge on any atom is 0.220 e. The topological polar surface area (TPSA) is 89.9 Å². The lowest BCUT2D eigenvalue weighted by Crippen LogP contribution is -2.41. The standard InChI is InChI=1S/C22H25ClN6O/c23-19-8-6-17(7-9-19)20(28-13-11-18(12-14-28)21(24)30)22-25-26-27-29(22)15-10-16-4-2-1-3-5-16/h1-9,18,20H,10-15H2,(H2,24,30)/t20-/m0/s1. The molecule has 0 saturated carbocycles. The molecule has 1 fully saturated rings. The fraction of sp³-hybridized carbons (Fsp3) is 0.364. The summed E-state index contributed by atoms with van der Waals surface area (Å²) >= 11 is 6.12. The van der Waals surface area contributed by atoms with Crippen LogP contribution in [0.5, 0.6) is 0 Å². The zero-order valence-corrected chi connectivity index (χ0v) is 17.4. The highest BCUT2D eigenvalue weighted by Crippen LogP contribution is 2.32. The maximum absolute atomic E-state index is 11.6. The Hall–Kier alpha value is -2.77. The van der Waals surface area contributed by atoms with Gasteiger partial charge in [-0.05, 0) is 66.0 Å². The molecule has 3 aromatic rings. The van der Waals surface area contributed by atoms with Crippen LogP contribution in [-0.2, 0) is 17.8 Å². The minimum absolute atomic E-state index is 0.0683. The number of primary amides is 1. The Morgan fingerprint density at radius 2 is 1.80 bits per heavy atom. The van der Waals surface area contributed by atoms with Crippen molar-refractivity contribution < 1.29 is 4.79 Å². The molecule has 0 spiro atoms. The number of carbonyl (C=O) groups excluding carboxylic acids is 1. The molecule has 1 amide bonds. The van der Waals surface area contributed by atoms with Gasteiger partial charge in [0.25, 0.3) is 0 Å². The Labute approximate surface area is 180 Å². The Balaban J connectivity index is 1.60. The van der Waals surface area contributed by atoms with E-state index in [-0.39, 0.29) is 17.9 Å². The predicted molar refractivity (Wildman–Crippen MR) is 115 cm³/mol. The van der Waals surface area contributed by atoms with Crippen molar-refractivity contribution >= 4 is 17.5 Å². The van der Waals surface area contributed by atoms with Gasteiger partial charge >= 0.3 is 0 Å². The van der Waals surface area contributed by atoms with Crippen molar-refractivity contribution in [2.24, 2.45) is 11.7 Å². The van der Waals surface area contributed by atoms with E-state index in [0.717, 1.165) is 43.7 Å². The first-order valence-corrected chi connectivity index (χ1v) is 10.6. The number of likely N-dealkylation sites (tertiary alicyclic amines) is 1. The SMILES string of the molecule is NC(=O)C1CCN([C@@H](c2ccc(Cl)cc2)c2nnnn2CCc2ccccc2)CC1. The summed E-state index contributed by atoms with van der Waals surface area (Å²) in [6.45, 7) is 2.20. The van der Waals surface area contributed by atoms with Crippen molar-refractivity contribution in [1.82, 2.24) is 25.1 Å². The number of hydrogen-bond acceptors (Lipinski definition) is 5. The molecule has 1 aliphatic heterocycles. The van der Waals surface area contributed by atoms with Crippen LogP contribution >= 0.6 is 11.6 Å². The number of tetrazole rings is 1. The highest BCUT2D eigenvalue weighted by atomic mass is 35.5. The molecule has 2 heterocycles. The van der Waals surface area contributed by atoms with Gasteiger partial charge < -0.3 is 5.73 Å². The van der Waals surface area contributed by atoms with E-state index in [1.165, 1.54) is 5.56 Å². The Kier molecular flexibility index (Phi) is 6.40. The molecule has 1 aliphatic rings. The molecular weight excluding hydrogens is 400 g/mol. The Bertz CT molecular complexity index is 967. The lowest BCUT2D eigenvalue weighted by Gasteiger charge is -2.36. The first kappa shape index (κ1) is 20.5. The monoisotopic (exact) mass is 424 g/mol. The number of amides is 1. The summed E-state index contributed by atoms with van der Waals surface area (Å²) in [6, 6.07) is 18.0. The highest BCUT2D eigenvalue weighted by Gasteiger charge is 2.32. The van der Waals surface area contributed by atoms with Crippen molar-refractivity contribution in [2.45, 2.75) is 31.8 Å². The van der Waals surface area contributed by atoms with E-state index in [4.69, 9.17) is 17.3 Å². The zero-order chi connectivity index (χ0) is 20.9. The van der Waals surface area contributed by atoms with Gasteiger partial charge in [0.15, 0.2) is 5.82 Å². The molecule has 1 atom stereocenters. The van der Waals surface area contributed by atoms with Crippen LogP contribution in [0.25, 0.3) is 0 Å². The number of nitrogens with two attached hydrogens (primary N) is 1. The largest absolute Gasteiger partial charge is 0.369 e. The maximum atomic E-state index is 11.6. The van der Waals surface area contributed by atoms with Crippen LogP contribution in [-0.4, -0.2) is 44.1 Å². The van der Waals surface area contributed by atoms with Gasteiger partial charge in [-0.25, -0.2) is 4.68 Å². The van der Waals surface area contributed by atoms with Crippen LogP contribution < -0.4 is 5.73 Å². The zero-order valence-electron chi connectivity index (χ0n) is 16.7. The van der Waals surface area contributed by atoms with Crippen molar-refractivity contribution in [2.75, 3.05) is 13.1 Å². The predicted octanol–water partition coefficient (Wildman–Crippen LogP) is 2.86. The summed E-state index contributed by atoms with van der Waals surface area (Å²) < 4.78 is 1.88. The van der Waals surface area contributed by atoms with Crippen molar-refractivity contribution in [1.29, 1.82) is 0 Å². The molecule has 2 aromatic carbocycles. The molecule has 30 heavy (non-hydrogen) atoms. The molecule has 0 bridgehead atoms. The number of hydrogen-bond donors (Lipinski definition) is 1. The van der Waals surface area contributed by atoms with E-state index in [9.17, 15) is 4.79 Å². The first-order valence-electron chi connectivity index (χ1n) is 10.2. The number of piperidine rings is 1. The number of nitrogens with zero attached hydrogens (tertiary/aromatic N) is 5. The smallest absolute Gasteiger partial charge is 0.220 e. The van der Waals surface area contributed by atoms with E-state index in [2.05, 4.69) is 32.6 Å². The van der Waals surface area contributed by atoms with Crippen molar-refractivity contribution in [3.63, 3.8) is 0 Å². The lowest BCUT2D eigenvalue weighted by atomic mass is 9.93. The van der Waals surface area contributed by atoms with E-state index >= 15 is 0 Å². The van der Waals surface area contributed by atoms with E-state index in [1.807, 2.05) is 47.1 Å². The minimum atomic E-state index is -0.217. The molecule has 1 saturated heterocycles. The molecule has 0 aliphatic carbocycles. The fourth-order valence-corrected chi connectivity index (χ4v) is 4.18. The quantitative estimate of drug-likeness (QED) is 0.629. The summed E-state index contributed by atoms with van der Waals surface area (Å²) in [4.78, 5) is 13.9. The second-order valence-electron chi connectivity index (χ2n) is 7.66. The van der Waals surface area contributed by atoms with E-state index in [1.54, 1.807) is 0 Å². The summed E-state index contributed by atoms with van der Waals surface area (Å²) in [6.07, 6.45) is 2.33. The lowest BCUT2D eigenvalue weighted by molar-refractivity contribution is -0.123. The number of aryl methyl sites for hydroxylation is 2. The van der Waals surface area contributed by atoms with E-state index in [0.29, 0.717) is 11.6 Å². The minimum Gasteiger partial charge on any atom is -0.369 e. The summed E-state index contributed by atoms with van der Waals surface area (Å²) in [5.74, 6) is 0.511. The van der Waals surface area contributed by atoms with Gasteiger partial charge in [0.1, 0.15) is 0 Å². The van der Waals surface area contributed by atoms with Gasteiger partial charge in [-0.15, -0.1) is 5.10 Å². The molecule has 0 unspecified atom stereocenters. The molecule has 7 nitrogen and oxygen atoms in total. The van der Waals surface area contributed by atoms with Crippen LogP contribution in [0.2, 0.25) is 5.02 Å². The molecular formula is C22H25ClN6O. The summed E-state index contributed by atoms with van der Waals surface area (Å²) in [5.41, 5.74) is 7.84. The molecule has 156 valence electrons. The second-order valence-corrected chi connectivity index (χ2v) is 8.10. The molecule has 0 radical (unpaired) electrons. The molecule has 2 N–H and O–H groups in total. The molecule has 1 aromatic heterocycles. The first-order chi connectivity index (χ1) is 14.6. The third kappa shape index (κ3) is 4.68. The molecule has 4 rings (SSSR count).